The van der Waals surface area contributed by atoms with Crippen LogP contribution in [0.3, 0.4) is 0 Å². The van der Waals surface area contributed by atoms with Gasteiger partial charge in [0.1, 0.15) is 5.82 Å². The molecule has 2 aromatic rings. The highest BCUT2D eigenvalue weighted by Crippen LogP contribution is 2.20. The van der Waals surface area contributed by atoms with Crippen LogP contribution in [0.2, 0.25) is 0 Å². The van der Waals surface area contributed by atoms with E-state index in [-0.39, 0.29) is 11.9 Å². The number of aromatic nitrogens is 2. The van der Waals surface area contributed by atoms with Gasteiger partial charge in [0.15, 0.2) is 0 Å². The third-order valence-electron chi connectivity index (χ3n) is 4.03. The second-order valence-corrected chi connectivity index (χ2v) is 5.58. The quantitative estimate of drug-likeness (QED) is 0.875. The van der Waals surface area contributed by atoms with E-state index in [2.05, 4.69) is 18.9 Å². The van der Waals surface area contributed by atoms with Gasteiger partial charge in [-0.2, -0.15) is 5.10 Å². The molecule has 1 heterocycles. The molecule has 114 valence electrons. The highest BCUT2D eigenvalue weighted by atomic mass is 19.1. The van der Waals surface area contributed by atoms with E-state index >= 15 is 0 Å². The fraction of sp³-hybridized carbons (Fsp3) is 0.471. The SMILES string of the molecule is CCC(CC)n1ccc(CC(N)c2ccc(C)c(F)c2)n1. The Morgan fingerprint density at radius 1 is 1.24 bits per heavy atom. The van der Waals surface area contributed by atoms with Gasteiger partial charge in [-0.1, -0.05) is 26.0 Å². The molecule has 1 aromatic heterocycles. The lowest BCUT2D eigenvalue weighted by Crippen LogP contribution is -2.15. The second-order valence-electron chi connectivity index (χ2n) is 5.58. The Hall–Kier alpha value is -1.68. The van der Waals surface area contributed by atoms with Gasteiger partial charge in [-0.15, -0.1) is 0 Å². The molecule has 3 nitrogen and oxygen atoms in total. The normalized spacial score (nSPS) is 12.9. The zero-order valence-corrected chi connectivity index (χ0v) is 13.0. The molecule has 1 aromatic carbocycles. The molecule has 0 saturated heterocycles. The van der Waals surface area contributed by atoms with E-state index in [1.54, 1.807) is 13.0 Å². The fourth-order valence-corrected chi connectivity index (χ4v) is 2.54. The maximum Gasteiger partial charge on any atom is 0.126 e. The molecule has 0 amide bonds. The lowest BCUT2D eigenvalue weighted by Gasteiger charge is -2.13. The average Bonchev–Trinajstić information content (AvgIpc) is 2.91. The van der Waals surface area contributed by atoms with Crippen molar-refractivity contribution < 1.29 is 4.39 Å². The van der Waals surface area contributed by atoms with Crippen LogP contribution in [0.4, 0.5) is 4.39 Å². The predicted octanol–water partition coefficient (Wildman–Crippen LogP) is 3.93. The van der Waals surface area contributed by atoms with Crippen LogP contribution in [0.25, 0.3) is 0 Å². The van der Waals surface area contributed by atoms with Gasteiger partial charge in [0.2, 0.25) is 0 Å². The molecular weight excluding hydrogens is 265 g/mol. The number of hydrogen-bond acceptors (Lipinski definition) is 2. The fourth-order valence-electron chi connectivity index (χ4n) is 2.54. The number of nitrogens with two attached hydrogens (primary N) is 1. The summed E-state index contributed by atoms with van der Waals surface area (Å²) in [7, 11) is 0. The number of aryl methyl sites for hydroxylation is 1. The van der Waals surface area contributed by atoms with Crippen LogP contribution in [0.15, 0.2) is 30.5 Å². The van der Waals surface area contributed by atoms with Crippen molar-refractivity contribution in [3.8, 4) is 0 Å². The average molecular weight is 289 g/mol. The summed E-state index contributed by atoms with van der Waals surface area (Å²) in [5, 5.41) is 4.60. The summed E-state index contributed by atoms with van der Waals surface area (Å²) in [5.74, 6) is -0.203. The Morgan fingerprint density at radius 2 is 1.95 bits per heavy atom. The minimum atomic E-state index is -0.231. The van der Waals surface area contributed by atoms with E-state index in [1.165, 1.54) is 6.07 Å². The van der Waals surface area contributed by atoms with Crippen LogP contribution >= 0.6 is 0 Å². The number of hydrogen-bond donors (Lipinski definition) is 1. The smallest absolute Gasteiger partial charge is 0.126 e. The van der Waals surface area contributed by atoms with Crippen molar-refractivity contribution in [2.24, 2.45) is 5.73 Å². The van der Waals surface area contributed by atoms with Crippen molar-refractivity contribution in [3.63, 3.8) is 0 Å². The van der Waals surface area contributed by atoms with Gasteiger partial charge >= 0.3 is 0 Å². The predicted molar refractivity (Wildman–Crippen MR) is 83.6 cm³/mol. The van der Waals surface area contributed by atoms with E-state index in [4.69, 9.17) is 5.73 Å². The van der Waals surface area contributed by atoms with Crippen molar-refractivity contribution in [1.29, 1.82) is 0 Å². The van der Waals surface area contributed by atoms with E-state index in [0.29, 0.717) is 18.0 Å². The van der Waals surface area contributed by atoms with Crippen molar-refractivity contribution >= 4 is 0 Å². The Labute approximate surface area is 126 Å². The summed E-state index contributed by atoms with van der Waals surface area (Å²) in [4.78, 5) is 0. The first kappa shape index (κ1) is 15.7. The molecule has 0 aliphatic heterocycles. The first-order chi connectivity index (χ1) is 10.0. The molecule has 0 fully saturated rings. The standard InChI is InChI=1S/C17H24FN3/c1-4-15(5-2)21-9-8-14(20-21)11-17(19)13-7-6-12(3)16(18)10-13/h6-10,15,17H,4-5,11,19H2,1-3H3. The minimum Gasteiger partial charge on any atom is -0.324 e. The molecule has 21 heavy (non-hydrogen) atoms. The molecular formula is C17H24FN3. The van der Waals surface area contributed by atoms with Crippen LogP contribution in [0.1, 0.15) is 55.6 Å². The van der Waals surface area contributed by atoms with Gasteiger partial charge in [-0.25, -0.2) is 4.39 Å². The van der Waals surface area contributed by atoms with Crippen molar-refractivity contribution in [2.45, 2.75) is 52.1 Å². The Balaban J connectivity index is 2.08. The maximum atomic E-state index is 13.6. The van der Waals surface area contributed by atoms with Gasteiger partial charge in [0.25, 0.3) is 0 Å². The highest BCUT2D eigenvalue weighted by Gasteiger charge is 2.13. The third kappa shape index (κ3) is 3.70. The monoisotopic (exact) mass is 289 g/mol. The summed E-state index contributed by atoms with van der Waals surface area (Å²) < 4.78 is 15.6. The summed E-state index contributed by atoms with van der Waals surface area (Å²) >= 11 is 0. The number of halogens is 1. The van der Waals surface area contributed by atoms with Crippen LogP contribution in [0.5, 0.6) is 0 Å². The number of rotatable bonds is 6. The van der Waals surface area contributed by atoms with Crippen LogP contribution in [-0.2, 0) is 6.42 Å². The zero-order valence-electron chi connectivity index (χ0n) is 13.0. The molecule has 2 N–H and O–H groups in total. The molecule has 0 bridgehead atoms. The molecule has 1 unspecified atom stereocenters. The topological polar surface area (TPSA) is 43.8 Å². The molecule has 0 spiro atoms. The molecule has 2 rings (SSSR count). The van der Waals surface area contributed by atoms with Gasteiger partial charge in [-0.3, -0.25) is 4.68 Å². The lowest BCUT2D eigenvalue weighted by atomic mass is 10.0. The van der Waals surface area contributed by atoms with E-state index in [9.17, 15) is 4.39 Å². The molecule has 4 heteroatoms. The minimum absolute atomic E-state index is 0.203. The van der Waals surface area contributed by atoms with Crippen molar-refractivity contribution in [3.05, 3.63) is 53.1 Å². The van der Waals surface area contributed by atoms with Gasteiger partial charge in [0, 0.05) is 18.7 Å². The zero-order chi connectivity index (χ0) is 15.4. The van der Waals surface area contributed by atoms with Gasteiger partial charge in [0.05, 0.1) is 11.7 Å². The van der Waals surface area contributed by atoms with E-state index < -0.39 is 0 Å². The highest BCUT2D eigenvalue weighted by molar-refractivity contribution is 5.26. The van der Waals surface area contributed by atoms with E-state index in [1.807, 2.05) is 23.0 Å². The third-order valence-corrected chi connectivity index (χ3v) is 4.03. The molecule has 1 atom stereocenters. The summed E-state index contributed by atoms with van der Waals surface area (Å²) in [6.45, 7) is 6.08. The molecule has 0 radical (unpaired) electrons. The van der Waals surface area contributed by atoms with Crippen molar-refractivity contribution in [1.82, 2.24) is 9.78 Å². The molecule has 0 saturated carbocycles. The lowest BCUT2D eigenvalue weighted by molar-refractivity contribution is 0.424. The second kappa shape index (κ2) is 6.85. The van der Waals surface area contributed by atoms with Crippen LogP contribution < -0.4 is 5.73 Å². The van der Waals surface area contributed by atoms with Gasteiger partial charge < -0.3 is 5.73 Å². The largest absolute Gasteiger partial charge is 0.324 e. The molecule has 0 aliphatic carbocycles. The first-order valence-electron chi connectivity index (χ1n) is 7.60. The van der Waals surface area contributed by atoms with Crippen molar-refractivity contribution in [2.75, 3.05) is 0 Å². The van der Waals surface area contributed by atoms with Crippen LogP contribution in [0, 0.1) is 12.7 Å². The maximum absolute atomic E-state index is 13.6. The Morgan fingerprint density at radius 3 is 2.57 bits per heavy atom. The first-order valence-corrected chi connectivity index (χ1v) is 7.60. The summed E-state index contributed by atoms with van der Waals surface area (Å²) in [6, 6.07) is 7.39. The summed E-state index contributed by atoms with van der Waals surface area (Å²) in [6.07, 6.45) is 4.75. The number of benzene rings is 1. The number of nitrogens with zero attached hydrogens (tertiary/aromatic N) is 2. The van der Waals surface area contributed by atoms with Crippen LogP contribution in [-0.4, -0.2) is 9.78 Å². The Bertz CT molecular complexity index is 587. The summed E-state index contributed by atoms with van der Waals surface area (Å²) in [5.41, 5.74) is 8.59. The molecule has 0 aliphatic rings. The Kier molecular flexibility index (Phi) is 5.12. The van der Waals surface area contributed by atoms with E-state index in [0.717, 1.165) is 24.1 Å². The van der Waals surface area contributed by atoms with Gasteiger partial charge in [-0.05, 0) is 43.0 Å².